The predicted molar refractivity (Wildman–Crippen MR) is 76.1 cm³/mol. The molecule has 0 aliphatic rings. The second-order valence-electron chi connectivity index (χ2n) is 4.48. The van der Waals surface area contributed by atoms with E-state index < -0.39 is 10.8 Å². The number of hydrogen-bond acceptors (Lipinski definition) is 3. The van der Waals surface area contributed by atoms with Crippen LogP contribution >= 0.6 is 0 Å². The fourth-order valence-corrected chi connectivity index (χ4v) is 2.40. The van der Waals surface area contributed by atoms with Crippen molar-refractivity contribution in [3.63, 3.8) is 0 Å². The third kappa shape index (κ3) is 4.14. The fraction of sp³-hybridized carbons (Fsp3) is 0.462. The van der Waals surface area contributed by atoms with Gasteiger partial charge in [0.25, 0.3) is 5.91 Å². The lowest BCUT2D eigenvalue weighted by molar-refractivity contribution is 0.0939. The van der Waals surface area contributed by atoms with Crippen molar-refractivity contribution in [2.75, 3.05) is 17.7 Å². The second-order valence-corrected chi connectivity index (χ2v) is 6.03. The van der Waals surface area contributed by atoms with Crippen LogP contribution in [0.2, 0.25) is 0 Å². The number of amides is 1. The van der Waals surface area contributed by atoms with Gasteiger partial charge in [0.15, 0.2) is 0 Å². The number of anilines is 1. The summed E-state index contributed by atoms with van der Waals surface area (Å²) in [5.74, 6) is 0.421. The van der Waals surface area contributed by atoms with E-state index in [4.69, 9.17) is 5.73 Å². The highest BCUT2D eigenvalue weighted by atomic mass is 32.2. The monoisotopic (exact) mass is 268 g/mol. The van der Waals surface area contributed by atoms with Gasteiger partial charge in [-0.2, -0.15) is 0 Å². The van der Waals surface area contributed by atoms with Gasteiger partial charge >= 0.3 is 0 Å². The molecule has 0 aliphatic carbocycles. The topological polar surface area (TPSA) is 72.2 Å². The SMILES string of the molecule is Cc1cccc(N)c1C(=O)NC(C)CCS(C)=O. The Morgan fingerprint density at radius 1 is 1.50 bits per heavy atom. The molecule has 0 heterocycles. The van der Waals surface area contributed by atoms with Crippen LogP contribution in [-0.4, -0.2) is 28.2 Å². The Balaban J connectivity index is 2.68. The minimum atomic E-state index is -0.830. The largest absolute Gasteiger partial charge is 0.398 e. The van der Waals surface area contributed by atoms with Crippen LogP contribution in [0.4, 0.5) is 5.69 Å². The minimum Gasteiger partial charge on any atom is -0.398 e. The smallest absolute Gasteiger partial charge is 0.253 e. The highest BCUT2D eigenvalue weighted by Gasteiger charge is 2.14. The quantitative estimate of drug-likeness (QED) is 0.794. The number of rotatable bonds is 5. The van der Waals surface area contributed by atoms with Gasteiger partial charge in [-0.1, -0.05) is 12.1 Å². The highest BCUT2D eigenvalue weighted by molar-refractivity contribution is 7.84. The molecule has 2 unspecified atom stereocenters. The molecule has 5 heteroatoms. The molecule has 0 aliphatic heterocycles. The van der Waals surface area contributed by atoms with Gasteiger partial charge in [0.2, 0.25) is 0 Å². The van der Waals surface area contributed by atoms with Gasteiger partial charge in [0.05, 0.1) is 5.56 Å². The van der Waals surface area contributed by atoms with Crippen LogP contribution in [0.5, 0.6) is 0 Å². The van der Waals surface area contributed by atoms with Crippen LogP contribution < -0.4 is 11.1 Å². The average molecular weight is 268 g/mol. The summed E-state index contributed by atoms with van der Waals surface area (Å²) in [6.07, 6.45) is 2.36. The standard InChI is InChI=1S/C13H20N2O2S/c1-9-5-4-6-11(14)12(9)13(16)15-10(2)7-8-18(3)17/h4-6,10H,7-8,14H2,1-3H3,(H,15,16). The molecule has 0 radical (unpaired) electrons. The van der Waals surface area contributed by atoms with E-state index in [0.717, 1.165) is 5.56 Å². The van der Waals surface area contributed by atoms with Crippen LogP contribution in [0.25, 0.3) is 0 Å². The van der Waals surface area contributed by atoms with Crippen LogP contribution in [0.15, 0.2) is 18.2 Å². The first kappa shape index (κ1) is 14.7. The molecule has 1 rings (SSSR count). The molecule has 0 fully saturated rings. The maximum atomic E-state index is 12.1. The number of hydrogen-bond donors (Lipinski definition) is 2. The third-order valence-corrected chi connectivity index (χ3v) is 3.56. The lowest BCUT2D eigenvalue weighted by Gasteiger charge is -2.15. The molecule has 100 valence electrons. The van der Waals surface area contributed by atoms with Crippen LogP contribution in [0, 0.1) is 6.92 Å². The van der Waals surface area contributed by atoms with Crippen molar-refractivity contribution < 1.29 is 9.00 Å². The lowest BCUT2D eigenvalue weighted by Crippen LogP contribution is -2.34. The molecule has 4 nitrogen and oxygen atoms in total. The molecule has 0 bridgehead atoms. The number of carbonyl (C=O) groups excluding carboxylic acids is 1. The average Bonchev–Trinajstić information content (AvgIpc) is 2.26. The number of nitrogens with two attached hydrogens (primary N) is 1. The predicted octanol–water partition coefficient (Wildman–Crippen LogP) is 1.46. The Kier molecular flexibility index (Phi) is 5.34. The first-order valence-corrected chi connectivity index (χ1v) is 7.60. The Bertz CT molecular complexity index is 440. The molecule has 0 saturated heterocycles. The second kappa shape index (κ2) is 6.54. The molecule has 3 N–H and O–H groups in total. The Morgan fingerprint density at radius 3 is 2.72 bits per heavy atom. The third-order valence-electron chi connectivity index (χ3n) is 2.75. The van der Waals surface area contributed by atoms with Crippen molar-refractivity contribution in [2.45, 2.75) is 26.3 Å². The summed E-state index contributed by atoms with van der Waals surface area (Å²) in [4.78, 5) is 12.1. The minimum absolute atomic E-state index is 0.0135. The molecule has 1 amide bonds. The number of nitrogen functional groups attached to an aromatic ring is 1. The molecular formula is C13H20N2O2S. The van der Waals surface area contributed by atoms with E-state index in [1.54, 1.807) is 12.3 Å². The molecule has 1 aromatic carbocycles. The van der Waals surface area contributed by atoms with Gasteiger partial charge in [-0.25, -0.2) is 0 Å². The van der Waals surface area contributed by atoms with Crippen LogP contribution in [0.3, 0.4) is 0 Å². The summed E-state index contributed by atoms with van der Waals surface area (Å²) in [7, 11) is -0.830. The summed E-state index contributed by atoms with van der Waals surface area (Å²) >= 11 is 0. The van der Waals surface area contributed by atoms with Crippen molar-refractivity contribution >= 4 is 22.4 Å². The fourth-order valence-electron chi connectivity index (χ4n) is 1.71. The summed E-state index contributed by atoms with van der Waals surface area (Å²) in [5, 5.41) is 2.88. The highest BCUT2D eigenvalue weighted by Crippen LogP contribution is 2.16. The zero-order valence-electron chi connectivity index (χ0n) is 11.0. The van der Waals surface area contributed by atoms with E-state index in [-0.39, 0.29) is 11.9 Å². The zero-order valence-corrected chi connectivity index (χ0v) is 11.8. The van der Waals surface area contributed by atoms with Crippen LogP contribution in [-0.2, 0) is 10.8 Å². The van der Waals surface area contributed by atoms with Crippen molar-refractivity contribution in [2.24, 2.45) is 0 Å². The van der Waals surface area contributed by atoms with Gasteiger partial charge in [0.1, 0.15) is 0 Å². The molecule has 0 saturated carbocycles. The number of benzene rings is 1. The number of nitrogens with one attached hydrogen (secondary N) is 1. The Labute approximate surface area is 110 Å². The summed E-state index contributed by atoms with van der Waals surface area (Å²) in [5.41, 5.74) is 7.69. The van der Waals surface area contributed by atoms with Crippen molar-refractivity contribution in [3.8, 4) is 0 Å². The van der Waals surface area contributed by atoms with E-state index in [2.05, 4.69) is 5.32 Å². The van der Waals surface area contributed by atoms with Crippen molar-refractivity contribution in [3.05, 3.63) is 29.3 Å². The van der Waals surface area contributed by atoms with Crippen molar-refractivity contribution in [1.29, 1.82) is 0 Å². The molecule has 0 spiro atoms. The first-order valence-electron chi connectivity index (χ1n) is 5.87. The molecule has 18 heavy (non-hydrogen) atoms. The Morgan fingerprint density at radius 2 is 2.17 bits per heavy atom. The summed E-state index contributed by atoms with van der Waals surface area (Å²) in [6, 6.07) is 5.39. The molecular weight excluding hydrogens is 248 g/mol. The van der Waals surface area contributed by atoms with Gasteiger partial charge in [-0.15, -0.1) is 0 Å². The first-order chi connectivity index (χ1) is 8.41. The maximum absolute atomic E-state index is 12.1. The molecule has 0 aromatic heterocycles. The van der Waals surface area contributed by atoms with E-state index >= 15 is 0 Å². The number of aryl methyl sites for hydroxylation is 1. The lowest BCUT2D eigenvalue weighted by atomic mass is 10.1. The van der Waals surface area contributed by atoms with Crippen LogP contribution in [0.1, 0.15) is 29.3 Å². The van der Waals surface area contributed by atoms with E-state index in [9.17, 15) is 9.00 Å². The Hall–Kier alpha value is -1.36. The zero-order chi connectivity index (χ0) is 13.7. The van der Waals surface area contributed by atoms with E-state index in [1.165, 1.54) is 0 Å². The summed E-state index contributed by atoms with van der Waals surface area (Å²) < 4.78 is 11.0. The van der Waals surface area contributed by atoms with Gasteiger partial charge < -0.3 is 11.1 Å². The van der Waals surface area contributed by atoms with Gasteiger partial charge in [-0.05, 0) is 31.9 Å². The normalized spacial score (nSPS) is 13.9. The molecule has 1 aromatic rings. The van der Waals surface area contributed by atoms with E-state index in [1.807, 2.05) is 26.0 Å². The van der Waals surface area contributed by atoms with E-state index in [0.29, 0.717) is 23.4 Å². The maximum Gasteiger partial charge on any atom is 0.253 e. The summed E-state index contributed by atoms with van der Waals surface area (Å²) in [6.45, 7) is 3.76. The van der Waals surface area contributed by atoms with Gasteiger partial charge in [0, 0.05) is 34.5 Å². The van der Waals surface area contributed by atoms with Gasteiger partial charge in [-0.3, -0.25) is 9.00 Å². The van der Waals surface area contributed by atoms with Crippen molar-refractivity contribution in [1.82, 2.24) is 5.32 Å². The molecule has 2 atom stereocenters. The number of carbonyl (C=O) groups is 1.